The van der Waals surface area contributed by atoms with Gasteiger partial charge in [-0.25, -0.2) is 0 Å². The maximum atomic E-state index is 12.1. The van der Waals surface area contributed by atoms with Gasteiger partial charge in [0.2, 0.25) is 5.91 Å². The number of nitrogens with zero attached hydrogens (tertiary/aromatic N) is 1. The molecule has 0 radical (unpaired) electrons. The van der Waals surface area contributed by atoms with Gasteiger partial charge in [-0.05, 0) is 30.9 Å². The molecule has 2 aromatic rings. The van der Waals surface area contributed by atoms with Crippen molar-refractivity contribution in [2.24, 2.45) is 0 Å². The van der Waals surface area contributed by atoms with Crippen LogP contribution >= 0.6 is 0 Å². The van der Waals surface area contributed by atoms with E-state index in [9.17, 15) is 19.9 Å². The highest BCUT2D eigenvalue weighted by atomic mass is 16.4. The molecule has 8 heteroatoms. The van der Waals surface area contributed by atoms with Crippen LogP contribution in [-0.4, -0.2) is 58.3 Å². The van der Waals surface area contributed by atoms with E-state index in [1.807, 2.05) is 29.2 Å². The van der Waals surface area contributed by atoms with E-state index >= 15 is 0 Å². The van der Waals surface area contributed by atoms with Gasteiger partial charge < -0.3 is 24.9 Å². The van der Waals surface area contributed by atoms with E-state index in [2.05, 4.69) is 5.32 Å². The third-order valence-corrected chi connectivity index (χ3v) is 4.66. The molecule has 1 aromatic heterocycles. The molecule has 2 atom stereocenters. The van der Waals surface area contributed by atoms with Crippen molar-refractivity contribution >= 4 is 24.0 Å². The second-order valence-corrected chi connectivity index (χ2v) is 6.46. The molecule has 0 bridgehead atoms. The van der Waals surface area contributed by atoms with Crippen molar-refractivity contribution in [3.05, 3.63) is 36.1 Å². The first-order valence-electron chi connectivity index (χ1n) is 8.57. The summed E-state index contributed by atoms with van der Waals surface area (Å²) in [6.45, 7) is 1.23. The number of aliphatic hydroxyl groups is 1. The van der Waals surface area contributed by atoms with Crippen LogP contribution < -0.4 is 5.32 Å². The first-order chi connectivity index (χ1) is 12.0. The minimum Gasteiger partial charge on any atom is -0.464 e. The van der Waals surface area contributed by atoms with E-state index in [4.69, 9.17) is 4.42 Å². The van der Waals surface area contributed by atoms with E-state index in [1.165, 1.54) is 0 Å². The van der Waals surface area contributed by atoms with Gasteiger partial charge in [-0.3, -0.25) is 9.69 Å². The lowest BCUT2D eigenvalue weighted by Crippen LogP contribution is -2.48. The predicted molar refractivity (Wildman–Crippen MR) is 93.5 cm³/mol. The number of aliphatic hydroxyl groups excluding tert-OH is 1. The Bertz CT molecular complexity index is 720. The van der Waals surface area contributed by atoms with Crippen molar-refractivity contribution in [2.75, 3.05) is 13.1 Å². The second-order valence-electron chi connectivity index (χ2n) is 6.46. The minimum atomic E-state index is -1.67. The van der Waals surface area contributed by atoms with Gasteiger partial charge in [0.15, 0.2) is 0 Å². The Kier molecular flexibility index (Phi) is 5.75. The molecule has 1 unspecified atom stereocenters. The molecule has 25 heavy (non-hydrogen) atoms. The molecule has 1 aliphatic heterocycles. The Balaban J connectivity index is 1.58. The lowest BCUT2D eigenvalue weighted by atomic mass is 9.76. The van der Waals surface area contributed by atoms with E-state index in [0.29, 0.717) is 6.54 Å². The van der Waals surface area contributed by atoms with Gasteiger partial charge in [-0.15, -0.1) is 0 Å². The van der Waals surface area contributed by atoms with Crippen molar-refractivity contribution in [2.45, 2.75) is 37.9 Å². The molecule has 0 spiro atoms. The summed E-state index contributed by atoms with van der Waals surface area (Å²) in [7, 11) is -1.67. The molecule has 4 N–H and O–H groups in total. The standard InChI is InChI=1S/C17H23BN2O5/c21-16(7-9-20-8-3-6-17(20)22)19-15(18(23)24)10-12-11-25-14-5-2-1-4-13(12)14/h1-2,4-5,11,15,17,22-24H,3,6-10H2,(H,19,21)/t15-,17?/m0/s1. The van der Waals surface area contributed by atoms with Crippen LogP contribution in [0, 0.1) is 0 Å². The first-order valence-corrected chi connectivity index (χ1v) is 8.57. The van der Waals surface area contributed by atoms with Gasteiger partial charge in [-0.1, -0.05) is 18.2 Å². The highest BCUT2D eigenvalue weighted by molar-refractivity contribution is 6.43. The molecule has 0 aliphatic carbocycles. The Morgan fingerprint density at radius 2 is 2.20 bits per heavy atom. The Labute approximate surface area is 146 Å². The molecule has 3 rings (SSSR count). The van der Waals surface area contributed by atoms with Gasteiger partial charge in [0.05, 0.1) is 12.2 Å². The minimum absolute atomic E-state index is 0.201. The maximum Gasteiger partial charge on any atom is 0.475 e. The number of hydrogen-bond donors (Lipinski definition) is 4. The average molecular weight is 346 g/mol. The maximum absolute atomic E-state index is 12.1. The summed E-state index contributed by atoms with van der Waals surface area (Å²) in [4.78, 5) is 14.0. The SMILES string of the molecule is O=C(CCN1CCCC1O)N[C@@H](Cc1coc2ccccc12)B(O)O. The largest absolute Gasteiger partial charge is 0.475 e. The van der Waals surface area contributed by atoms with Gasteiger partial charge in [0, 0.05) is 24.9 Å². The van der Waals surface area contributed by atoms with Crippen molar-refractivity contribution in [1.29, 1.82) is 0 Å². The van der Waals surface area contributed by atoms with Gasteiger partial charge in [-0.2, -0.15) is 0 Å². The zero-order chi connectivity index (χ0) is 17.8. The van der Waals surface area contributed by atoms with Crippen LogP contribution in [0.2, 0.25) is 0 Å². The molecule has 0 saturated carbocycles. The zero-order valence-electron chi connectivity index (χ0n) is 14.0. The first kappa shape index (κ1) is 17.9. The fraction of sp³-hybridized carbons (Fsp3) is 0.471. The monoisotopic (exact) mass is 346 g/mol. The molecular formula is C17H23BN2O5. The van der Waals surface area contributed by atoms with Crippen LogP contribution in [0.5, 0.6) is 0 Å². The number of para-hydroxylation sites is 1. The second kappa shape index (κ2) is 8.01. The molecule has 1 fully saturated rings. The van der Waals surface area contributed by atoms with Crippen LogP contribution in [0.3, 0.4) is 0 Å². The van der Waals surface area contributed by atoms with Gasteiger partial charge in [0.25, 0.3) is 0 Å². The summed E-state index contributed by atoms with van der Waals surface area (Å²) >= 11 is 0. The van der Waals surface area contributed by atoms with Crippen molar-refractivity contribution < 1.29 is 24.4 Å². The molecule has 1 amide bonds. The fourth-order valence-electron chi connectivity index (χ4n) is 3.25. The summed E-state index contributed by atoms with van der Waals surface area (Å²) in [6.07, 6.45) is 3.21. The Hall–Kier alpha value is -1.87. The molecule has 7 nitrogen and oxygen atoms in total. The molecule has 134 valence electrons. The Morgan fingerprint density at radius 3 is 2.92 bits per heavy atom. The summed E-state index contributed by atoms with van der Waals surface area (Å²) in [6, 6.07) is 7.48. The summed E-state index contributed by atoms with van der Waals surface area (Å²) < 4.78 is 5.45. The number of carbonyl (C=O) groups excluding carboxylic acids is 1. The molecule has 1 aliphatic rings. The lowest BCUT2D eigenvalue weighted by molar-refractivity contribution is -0.122. The molecule has 1 aromatic carbocycles. The van der Waals surface area contributed by atoms with E-state index < -0.39 is 19.3 Å². The van der Waals surface area contributed by atoms with Crippen LogP contribution in [-0.2, 0) is 11.2 Å². The number of fused-ring (bicyclic) bond motifs is 1. The number of nitrogens with one attached hydrogen (secondary N) is 1. The number of rotatable bonds is 7. The lowest BCUT2D eigenvalue weighted by Gasteiger charge is -2.21. The smallest absolute Gasteiger partial charge is 0.464 e. The van der Waals surface area contributed by atoms with Crippen LogP contribution in [0.4, 0.5) is 0 Å². The zero-order valence-corrected chi connectivity index (χ0v) is 14.0. The number of likely N-dealkylation sites (tertiary alicyclic amines) is 1. The van der Waals surface area contributed by atoms with Crippen LogP contribution in [0.1, 0.15) is 24.8 Å². The topological polar surface area (TPSA) is 106 Å². The van der Waals surface area contributed by atoms with Crippen molar-refractivity contribution in [3.8, 4) is 0 Å². The average Bonchev–Trinajstić information content (AvgIpc) is 3.19. The number of carbonyl (C=O) groups is 1. The number of hydrogen-bond acceptors (Lipinski definition) is 6. The summed E-state index contributed by atoms with van der Waals surface area (Å²) in [5.41, 5.74) is 1.53. The Morgan fingerprint density at radius 1 is 1.40 bits per heavy atom. The molecular weight excluding hydrogens is 323 g/mol. The summed E-state index contributed by atoms with van der Waals surface area (Å²) in [5, 5.41) is 32.5. The third-order valence-electron chi connectivity index (χ3n) is 4.66. The number of furan rings is 1. The number of benzene rings is 1. The van der Waals surface area contributed by atoms with Crippen LogP contribution in [0.25, 0.3) is 11.0 Å². The fourth-order valence-corrected chi connectivity index (χ4v) is 3.25. The normalized spacial score (nSPS) is 19.2. The van der Waals surface area contributed by atoms with Crippen LogP contribution in [0.15, 0.2) is 34.9 Å². The molecule has 1 saturated heterocycles. The quantitative estimate of drug-likeness (QED) is 0.537. The van der Waals surface area contributed by atoms with E-state index in [-0.39, 0.29) is 18.7 Å². The van der Waals surface area contributed by atoms with Gasteiger partial charge in [0.1, 0.15) is 11.8 Å². The van der Waals surface area contributed by atoms with Gasteiger partial charge >= 0.3 is 7.12 Å². The van der Waals surface area contributed by atoms with Crippen molar-refractivity contribution in [3.63, 3.8) is 0 Å². The number of amides is 1. The predicted octanol–water partition coefficient (Wildman–Crippen LogP) is 0.276. The highest BCUT2D eigenvalue weighted by Crippen LogP contribution is 2.22. The highest BCUT2D eigenvalue weighted by Gasteiger charge is 2.28. The van der Waals surface area contributed by atoms with Crippen molar-refractivity contribution in [1.82, 2.24) is 10.2 Å². The summed E-state index contributed by atoms with van der Waals surface area (Å²) in [5.74, 6) is -1.10. The molecule has 2 heterocycles. The van der Waals surface area contributed by atoms with E-state index in [1.54, 1.807) is 6.26 Å². The third kappa shape index (κ3) is 4.41. The van der Waals surface area contributed by atoms with E-state index in [0.717, 1.165) is 35.9 Å².